The van der Waals surface area contributed by atoms with Crippen LogP contribution in [0.3, 0.4) is 0 Å². The monoisotopic (exact) mass is 292 g/mol. The zero-order chi connectivity index (χ0) is 13.9. The molecule has 0 aliphatic carbocycles. The van der Waals surface area contributed by atoms with Crippen LogP contribution in [0.4, 0.5) is 10.1 Å². The molecule has 0 spiro atoms. The van der Waals surface area contributed by atoms with Crippen LogP contribution in [-0.4, -0.2) is 37.8 Å². The van der Waals surface area contributed by atoms with E-state index in [1.165, 1.54) is 30.9 Å². The molecule has 1 atom stereocenters. The molecule has 0 amide bonds. The minimum Gasteiger partial charge on any atom is -0.398 e. The summed E-state index contributed by atoms with van der Waals surface area (Å²) >= 11 is 1.53. The number of nitrogen functional groups attached to an aromatic ring is 1. The fraction of sp³-hybridized carbons (Fsp3) is 0.455. The molecule has 1 unspecified atom stereocenters. The molecule has 0 aliphatic heterocycles. The Kier molecular flexibility index (Phi) is 5.01. The number of nitrogens with zero attached hydrogens (tertiary/aromatic N) is 1. The van der Waals surface area contributed by atoms with Crippen LogP contribution in [0.25, 0.3) is 0 Å². The fourth-order valence-corrected chi connectivity index (χ4v) is 3.84. The third-order valence-corrected chi connectivity index (χ3v) is 5.54. The number of nitrogens with two attached hydrogens (primary N) is 1. The van der Waals surface area contributed by atoms with Gasteiger partial charge in [-0.3, -0.25) is 0 Å². The van der Waals surface area contributed by atoms with Crippen molar-refractivity contribution in [3.8, 4) is 0 Å². The summed E-state index contributed by atoms with van der Waals surface area (Å²) in [5.41, 5.74) is 5.50. The normalized spacial score (nSPS) is 13.8. The van der Waals surface area contributed by atoms with E-state index in [4.69, 9.17) is 5.73 Å². The highest BCUT2D eigenvalue weighted by Gasteiger charge is 2.29. The van der Waals surface area contributed by atoms with Crippen molar-refractivity contribution in [3.63, 3.8) is 0 Å². The summed E-state index contributed by atoms with van der Waals surface area (Å²) in [6.45, 7) is 1.77. The molecule has 0 radical (unpaired) electrons. The molecule has 102 valence electrons. The largest absolute Gasteiger partial charge is 0.398 e. The van der Waals surface area contributed by atoms with Crippen LogP contribution in [-0.2, 0) is 10.0 Å². The zero-order valence-electron chi connectivity index (χ0n) is 10.6. The molecule has 0 aromatic heterocycles. The van der Waals surface area contributed by atoms with Gasteiger partial charge < -0.3 is 5.73 Å². The van der Waals surface area contributed by atoms with Gasteiger partial charge in [-0.2, -0.15) is 16.1 Å². The van der Waals surface area contributed by atoms with Crippen LogP contribution < -0.4 is 5.73 Å². The third kappa shape index (κ3) is 2.96. The van der Waals surface area contributed by atoms with E-state index < -0.39 is 20.7 Å². The summed E-state index contributed by atoms with van der Waals surface area (Å²) in [6.07, 6.45) is 1.88. The topological polar surface area (TPSA) is 63.4 Å². The first-order valence-corrected chi connectivity index (χ1v) is 8.16. The summed E-state index contributed by atoms with van der Waals surface area (Å²) in [5.74, 6) is -0.192. The van der Waals surface area contributed by atoms with E-state index >= 15 is 0 Å². The zero-order valence-corrected chi connectivity index (χ0v) is 12.2. The minimum absolute atomic E-state index is 0.0711. The summed E-state index contributed by atoms with van der Waals surface area (Å²) in [7, 11) is -2.47. The van der Waals surface area contributed by atoms with E-state index in [2.05, 4.69) is 0 Å². The lowest BCUT2D eigenvalue weighted by Gasteiger charge is -2.24. The van der Waals surface area contributed by atoms with Gasteiger partial charge in [-0.15, -0.1) is 0 Å². The predicted molar refractivity (Wildman–Crippen MR) is 73.6 cm³/mol. The Bertz CT molecular complexity index is 500. The van der Waals surface area contributed by atoms with Crippen molar-refractivity contribution >= 4 is 27.5 Å². The van der Waals surface area contributed by atoms with E-state index in [1.807, 2.05) is 6.26 Å². The molecule has 1 aromatic rings. The highest BCUT2D eigenvalue weighted by molar-refractivity contribution is 7.98. The Labute approximate surface area is 111 Å². The average molecular weight is 292 g/mol. The molecule has 1 rings (SSSR count). The Hall–Kier alpha value is -0.790. The molecule has 18 heavy (non-hydrogen) atoms. The highest BCUT2D eigenvalue weighted by atomic mass is 32.2. The first kappa shape index (κ1) is 15.3. The van der Waals surface area contributed by atoms with Gasteiger partial charge in [0, 0.05) is 18.8 Å². The number of anilines is 1. The van der Waals surface area contributed by atoms with Crippen molar-refractivity contribution < 1.29 is 12.8 Å². The molecule has 0 bridgehead atoms. The van der Waals surface area contributed by atoms with Gasteiger partial charge in [0.2, 0.25) is 10.0 Å². The van der Waals surface area contributed by atoms with Crippen LogP contribution in [0.15, 0.2) is 23.1 Å². The molecule has 0 heterocycles. The average Bonchev–Trinajstić information content (AvgIpc) is 2.27. The van der Waals surface area contributed by atoms with Gasteiger partial charge in [0.05, 0.1) is 5.69 Å². The molecule has 4 nitrogen and oxygen atoms in total. The van der Waals surface area contributed by atoms with E-state index in [9.17, 15) is 12.8 Å². The fourth-order valence-electron chi connectivity index (χ4n) is 1.52. The maximum absolute atomic E-state index is 13.7. The summed E-state index contributed by atoms with van der Waals surface area (Å²) < 4.78 is 39.4. The third-order valence-electron chi connectivity index (χ3n) is 2.66. The molecule has 7 heteroatoms. The standard InChI is InChI=1S/C11H17FN2O2S2/c1-8(7-17-3)14(2)18(15,16)11-9(12)5-4-6-10(11)13/h4-6,8H,7,13H2,1-3H3. The van der Waals surface area contributed by atoms with Crippen molar-refractivity contribution in [1.29, 1.82) is 0 Å². The maximum Gasteiger partial charge on any atom is 0.248 e. The Morgan fingerprint density at radius 2 is 2.11 bits per heavy atom. The van der Waals surface area contributed by atoms with Crippen molar-refractivity contribution in [2.24, 2.45) is 0 Å². The number of sulfonamides is 1. The van der Waals surface area contributed by atoms with Gasteiger partial charge in [-0.05, 0) is 25.3 Å². The minimum atomic E-state index is -3.90. The van der Waals surface area contributed by atoms with Gasteiger partial charge in [0.15, 0.2) is 0 Å². The van der Waals surface area contributed by atoms with E-state index in [-0.39, 0.29) is 11.7 Å². The SMILES string of the molecule is CSCC(C)N(C)S(=O)(=O)c1c(N)cccc1F. The van der Waals surface area contributed by atoms with Crippen LogP contribution in [0.2, 0.25) is 0 Å². The Balaban J connectivity index is 3.22. The summed E-state index contributed by atoms with van der Waals surface area (Å²) in [6, 6.07) is 3.62. The first-order chi connectivity index (χ1) is 8.32. The quantitative estimate of drug-likeness (QED) is 0.840. The number of rotatable bonds is 5. The van der Waals surface area contributed by atoms with Gasteiger partial charge >= 0.3 is 0 Å². The van der Waals surface area contributed by atoms with Crippen molar-refractivity contribution in [2.75, 3.05) is 24.8 Å². The second-order valence-corrected chi connectivity index (χ2v) is 6.83. The van der Waals surface area contributed by atoms with Crippen LogP contribution >= 0.6 is 11.8 Å². The Morgan fingerprint density at radius 3 is 2.61 bits per heavy atom. The van der Waals surface area contributed by atoms with Crippen molar-refractivity contribution in [2.45, 2.75) is 17.9 Å². The smallest absolute Gasteiger partial charge is 0.248 e. The highest BCUT2D eigenvalue weighted by Crippen LogP contribution is 2.26. The number of halogens is 1. The maximum atomic E-state index is 13.7. The molecule has 1 aromatic carbocycles. The molecular weight excluding hydrogens is 275 g/mol. The molecule has 0 saturated carbocycles. The second kappa shape index (κ2) is 5.90. The van der Waals surface area contributed by atoms with Gasteiger partial charge in [0.25, 0.3) is 0 Å². The van der Waals surface area contributed by atoms with Gasteiger partial charge in [-0.1, -0.05) is 6.07 Å². The lowest BCUT2D eigenvalue weighted by atomic mass is 10.3. The molecular formula is C11H17FN2O2S2. The van der Waals surface area contributed by atoms with Crippen LogP contribution in [0.5, 0.6) is 0 Å². The first-order valence-electron chi connectivity index (χ1n) is 5.33. The predicted octanol–water partition coefficient (Wildman–Crippen LogP) is 1.78. The lowest BCUT2D eigenvalue weighted by molar-refractivity contribution is 0.412. The number of hydrogen-bond acceptors (Lipinski definition) is 4. The van der Waals surface area contributed by atoms with Crippen molar-refractivity contribution in [3.05, 3.63) is 24.0 Å². The summed E-state index contributed by atoms with van der Waals surface area (Å²) in [5, 5.41) is 0. The number of benzene rings is 1. The van der Waals surface area contributed by atoms with Gasteiger partial charge in [-0.25, -0.2) is 12.8 Å². The van der Waals surface area contributed by atoms with Crippen molar-refractivity contribution in [1.82, 2.24) is 4.31 Å². The molecule has 0 aliphatic rings. The van der Waals surface area contributed by atoms with E-state index in [1.54, 1.807) is 6.92 Å². The van der Waals surface area contributed by atoms with Crippen LogP contribution in [0.1, 0.15) is 6.92 Å². The molecule has 0 saturated heterocycles. The molecule has 2 N–H and O–H groups in total. The Morgan fingerprint density at radius 1 is 1.50 bits per heavy atom. The summed E-state index contributed by atoms with van der Waals surface area (Å²) in [4.78, 5) is -0.444. The second-order valence-electron chi connectivity index (χ2n) is 3.98. The van der Waals surface area contributed by atoms with Crippen LogP contribution in [0, 0.1) is 5.82 Å². The number of thioether (sulfide) groups is 1. The van der Waals surface area contributed by atoms with Gasteiger partial charge in [0.1, 0.15) is 10.7 Å². The molecule has 0 fully saturated rings. The van der Waals surface area contributed by atoms with E-state index in [0.717, 1.165) is 10.4 Å². The number of hydrogen-bond donors (Lipinski definition) is 1. The van der Waals surface area contributed by atoms with E-state index in [0.29, 0.717) is 5.75 Å². The lowest BCUT2D eigenvalue weighted by Crippen LogP contribution is -2.37.